The van der Waals surface area contributed by atoms with Gasteiger partial charge >= 0.3 is 29.8 Å². The number of rotatable bonds is 33. The van der Waals surface area contributed by atoms with Crippen molar-refractivity contribution in [2.24, 2.45) is 5.41 Å². The predicted molar refractivity (Wildman–Crippen MR) is 488 cm³/mol. The van der Waals surface area contributed by atoms with Crippen LogP contribution < -0.4 is 5.32 Å². The number of unbranched alkanes of at least 4 members (excludes halogenated alkanes) is 12. The van der Waals surface area contributed by atoms with Gasteiger partial charge in [0, 0.05) is 31.2 Å². The topological polar surface area (TPSA) is 161 Å². The fraction of sp³-hybridized carbons (Fsp3) is 0.407. The first kappa shape index (κ1) is 65.1. The lowest BCUT2D eigenvalue weighted by Gasteiger charge is -2.36. The van der Waals surface area contributed by atoms with E-state index in [2.05, 4.69) is 19.2 Å². The van der Waals surface area contributed by atoms with E-state index >= 15 is 9.59 Å². The molecule has 0 aromatic heterocycles. The predicted octanol–water partition coefficient (Wildman–Crippen LogP) is 27.0. The largest absolute Gasteiger partial charge is 0.465 e. The van der Waals surface area contributed by atoms with Gasteiger partial charge in [-0.3, -0.25) is 28.8 Å². The molecule has 33 rings (SSSR count). The van der Waals surface area contributed by atoms with Gasteiger partial charge in [0.1, 0.15) is 22.9 Å². The van der Waals surface area contributed by atoms with Gasteiger partial charge in [0.25, 0.3) is 0 Å². The van der Waals surface area contributed by atoms with Crippen molar-refractivity contribution in [1.29, 1.82) is 0 Å². The molecule has 2 spiro atoms. The Hall–Kier alpha value is -10.7. The maximum Gasteiger partial charge on any atom is 0.326 e. The molecule has 28 aromatic rings. The molecular formula is C108H85NO11. The number of benzene rings is 18. The third-order valence-corrected chi connectivity index (χ3v) is 34.4. The Morgan fingerprint density at radius 3 is 0.742 bits per heavy atom. The highest BCUT2D eigenvalue weighted by atomic mass is 16.6. The molecule has 1 N–H and O–H groups in total. The fourth-order valence-electron chi connectivity index (χ4n) is 32.0. The van der Waals surface area contributed by atoms with Crippen LogP contribution in [0.4, 0.5) is 0 Å². The van der Waals surface area contributed by atoms with Gasteiger partial charge < -0.3 is 29.0 Å². The maximum atomic E-state index is 18.7. The number of carbonyl (C=O) groups excluding carboxylic acids is 6. The number of carbonyl (C=O) groups is 6. The van der Waals surface area contributed by atoms with Crippen molar-refractivity contribution in [3.8, 4) is 0 Å². The number of ether oxygens (including phenoxy) is 5. The Balaban J connectivity index is 0.616. The Bertz CT molecular complexity index is 8250. The van der Waals surface area contributed by atoms with Crippen LogP contribution in [-0.2, 0) is 63.3 Å². The molecule has 28 aromatic carbocycles. The molecule has 1 fully saturated rings. The van der Waals surface area contributed by atoms with Gasteiger partial charge in [-0.15, -0.1) is 0 Å². The number of hydrogen-bond acceptors (Lipinski definition) is 11. The zero-order chi connectivity index (χ0) is 79.9. The average Bonchev–Trinajstić information content (AvgIpc) is 1.35. The quantitative estimate of drug-likeness (QED) is 0.0137. The minimum Gasteiger partial charge on any atom is -0.465 e. The lowest BCUT2D eigenvalue weighted by Crippen LogP contribution is -2.50. The van der Waals surface area contributed by atoms with Gasteiger partial charge in [-0.25, -0.2) is 0 Å². The van der Waals surface area contributed by atoms with E-state index < -0.39 is 74.5 Å². The molecule has 588 valence electrons. The summed E-state index contributed by atoms with van der Waals surface area (Å²) in [6, 6.07) is 0. The molecule has 120 heavy (non-hydrogen) atoms. The summed E-state index contributed by atoms with van der Waals surface area (Å²) >= 11 is 0. The van der Waals surface area contributed by atoms with Gasteiger partial charge in [-0.05, 0) is 440 Å². The van der Waals surface area contributed by atoms with E-state index in [4.69, 9.17) is 23.7 Å². The molecule has 12 heteroatoms. The summed E-state index contributed by atoms with van der Waals surface area (Å²) in [5.74, 6) is -2.52. The van der Waals surface area contributed by atoms with Crippen LogP contribution in [0.5, 0.6) is 0 Å². The molecule has 0 radical (unpaired) electrons. The van der Waals surface area contributed by atoms with Gasteiger partial charge in [0.2, 0.25) is 5.91 Å². The van der Waals surface area contributed by atoms with E-state index in [0.717, 1.165) is 51.4 Å². The van der Waals surface area contributed by atoms with Crippen LogP contribution in [0.1, 0.15) is 253 Å². The molecule has 0 bridgehead atoms. The minimum absolute atomic E-state index is 0.0190. The highest BCUT2D eigenvalue weighted by molar-refractivity contribution is 6.82. The maximum absolute atomic E-state index is 18.7. The van der Waals surface area contributed by atoms with Gasteiger partial charge in [0.15, 0.2) is 5.41 Å². The molecule has 1 saturated carbocycles. The van der Waals surface area contributed by atoms with Crippen molar-refractivity contribution >= 4 is 327 Å². The third kappa shape index (κ3) is 5.80. The van der Waals surface area contributed by atoms with E-state index in [-0.39, 0.29) is 57.5 Å². The SMILES string of the molecule is CCCCCCCCC(CCCCCCCC)OC(=O)C1(C(=O)OCCCCCC(=O)NC(CCC(=O)OC(C)(C)C)(CCC(=O)OC(C)(C)C)CCC(=O)OC(C)(C)C)C23c4c5c6c7c8c9c(c%10c%11c2c2c4c4c%12c5c5c6c6c8c8c%13c9c9c%10c%10c%11c%11c2c2c4c4c%12c%12c5c5c6c8c6c8c%13c9c9c%10c%10c%11c2c2c4c4c%12c5c6c5c8c9c%10c2c45)C713. The normalized spacial score (nSPS) is 19.5. The standard InChI is InChI=1S/C108H85NO11/c1-12-14-16-18-20-23-27-37(28-24-21-19-17-15-13-2)117-101(115)108(100(114)116-36-26-22-25-29-38(110)109-105(33-30-39(111)118-102(3,4)5,34-31-40(112)119-103(6,7)8)35-32-41(113)120-104(9,10)11)106-96-88-80-70-60-52-44-42-43-46-50-48(44)56-64-58(50)68-62-54(46)55-47(43)51-49-45(42)53(52)61-67-57(49)65-59(51)69-63(55)73-72(62)82-76(68)86-78(64)84(74(80)66(56)60)92(96)94(86)98-90(82)91-83(73)77(69)87-79(65)85-75(67)81(71(61)70)89(88)97(106)93(85)95(87)99(91)107(98,106)108/h37H,12-36H2,1-11H3,(H,109,110). The van der Waals surface area contributed by atoms with Crippen LogP contribution in [0.2, 0.25) is 0 Å². The Kier molecular flexibility index (Phi) is 10.2. The van der Waals surface area contributed by atoms with E-state index in [0.29, 0.717) is 19.3 Å². The first-order chi connectivity index (χ1) is 58.0. The van der Waals surface area contributed by atoms with Crippen molar-refractivity contribution in [2.75, 3.05) is 6.61 Å². The molecule has 5 aliphatic rings. The molecule has 12 nitrogen and oxygen atoms in total. The van der Waals surface area contributed by atoms with Crippen molar-refractivity contribution < 1.29 is 52.5 Å². The van der Waals surface area contributed by atoms with E-state index in [1.807, 2.05) is 62.3 Å². The van der Waals surface area contributed by atoms with Crippen LogP contribution in [0.15, 0.2) is 0 Å². The van der Waals surface area contributed by atoms with Crippen LogP contribution in [0.3, 0.4) is 0 Å². The minimum atomic E-state index is -1.91. The first-order valence-corrected chi connectivity index (χ1v) is 46.1. The average molecular weight is 1570 g/mol. The summed E-state index contributed by atoms with van der Waals surface area (Å²) in [5.41, 5.74) is -3.03. The van der Waals surface area contributed by atoms with Crippen LogP contribution in [0.25, 0.3) is 291 Å². The third-order valence-electron chi connectivity index (χ3n) is 34.4. The molecule has 5 aliphatic carbocycles. The van der Waals surface area contributed by atoms with Crippen molar-refractivity contribution in [3.05, 3.63) is 22.3 Å². The van der Waals surface area contributed by atoms with Crippen LogP contribution in [0, 0.1) is 5.41 Å². The second-order valence-electron chi connectivity index (χ2n) is 43.2. The fourth-order valence-corrected chi connectivity index (χ4v) is 32.0. The molecule has 0 atom stereocenters. The van der Waals surface area contributed by atoms with Gasteiger partial charge in [-0.2, -0.15) is 0 Å². The number of esters is 5. The van der Waals surface area contributed by atoms with Crippen molar-refractivity contribution in [1.82, 2.24) is 5.32 Å². The number of amides is 1. The molecule has 0 heterocycles. The molecule has 0 saturated heterocycles. The van der Waals surface area contributed by atoms with Crippen LogP contribution >= 0.6 is 0 Å². The molecule has 0 unspecified atom stereocenters. The van der Waals surface area contributed by atoms with E-state index in [1.165, 1.54) is 352 Å². The highest BCUT2D eigenvalue weighted by Crippen LogP contribution is 2.97. The Labute approximate surface area is 684 Å². The second kappa shape index (κ2) is 18.8. The summed E-state index contributed by atoms with van der Waals surface area (Å²) in [7, 11) is 0. The van der Waals surface area contributed by atoms with E-state index in [9.17, 15) is 19.2 Å². The molecule has 1 amide bonds. The second-order valence-corrected chi connectivity index (χ2v) is 43.2. The summed E-state index contributed by atoms with van der Waals surface area (Å²) in [6.07, 6.45) is 16.0. The lowest BCUT2D eigenvalue weighted by atomic mass is 9.68. The zero-order valence-electron chi connectivity index (χ0n) is 69.7. The summed E-state index contributed by atoms with van der Waals surface area (Å²) in [5, 5.41) is 80.9. The van der Waals surface area contributed by atoms with Gasteiger partial charge in [-0.1, -0.05) is 78.1 Å². The Morgan fingerprint density at radius 1 is 0.275 bits per heavy atom. The van der Waals surface area contributed by atoms with E-state index in [1.54, 1.807) is 0 Å². The summed E-state index contributed by atoms with van der Waals surface area (Å²) < 4.78 is 32.8. The number of nitrogens with one attached hydrogen (secondary N) is 1. The summed E-state index contributed by atoms with van der Waals surface area (Å²) in [6.45, 7) is 20.9. The van der Waals surface area contributed by atoms with Crippen molar-refractivity contribution in [2.45, 2.75) is 270 Å². The van der Waals surface area contributed by atoms with Crippen molar-refractivity contribution in [3.63, 3.8) is 0 Å². The first-order valence-electron chi connectivity index (χ1n) is 46.1. The smallest absolute Gasteiger partial charge is 0.326 e. The zero-order valence-corrected chi connectivity index (χ0v) is 69.7. The highest BCUT2D eigenvalue weighted by Gasteiger charge is 3.01. The monoisotopic (exact) mass is 1570 g/mol. The lowest BCUT2D eigenvalue weighted by molar-refractivity contribution is -0.170. The Morgan fingerprint density at radius 2 is 0.500 bits per heavy atom. The number of hydrogen-bond donors (Lipinski definition) is 1. The van der Waals surface area contributed by atoms with Gasteiger partial charge in [0.05, 0.1) is 17.4 Å². The molecular weight excluding hydrogens is 1490 g/mol. The summed E-state index contributed by atoms with van der Waals surface area (Å²) in [4.78, 5) is 93.2. The van der Waals surface area contributed by atoms with Crippen LogP contribution in [-0.4, -0.2) is 70.8 Å². The molecule has 0 aliphatic heterocycles.